The summed E-state index contributed by atoms with van der Waals surface area (Å²) in [6.45, 7) is 17.0. The van der Waals surface area contributed by atoms with E-state index in [1.807, 2.05) is 7.11 Å². The maximum Gasteiger partial charge on any atom is 0.192 e. The number of allylic oxidation sites excluding steroid dienone is 2. The minimum atomic E-state index is -1.96. The molecule has 3 fully saturated rings. The molecule has 0 radical (unpaired) electrons. The fourth-order valence-electron chi connectivity index (χ4n) is 9.23. The van der Waals surface area contributed by atoms with Crippen LogP contribution < -0.4 is 0 Å². The zero-order valence-corrected chi connectivity index (χ0v) is 28.0. The lowest BCUT2D eigenvalue weighted by Crippen LogP contribution is -2.62. The van der Waals surface area contributed by atoms with E-state index in [9.17, 15) is 4.79 Å². The molecule has 3 saturated carbocycles. The lowest BCUT2D eigenvalue weighted by Gasteiger charge is -2.62. The topological polar surface area (TPSA) is 84.3 Å². The number of methoxy groups -OCH3 is 1. The standard InChI is InChI=1S/C33H59N3O3Si/c1-9-40(10-2,11-3)39-28-24-32(7)25(4)18-21-33(22-19-27(38-8)29(32)33)26(5)30(37)31(28,6)20-16-14-12-13-15-17-23-35-36-34/h14,16,25-29H,9-13,15,17-24H2,1-8H3/b16-14+/t25-,26+,27-,28+,29+,31+,32-,33+/m1/s1. The predicted octanol–water partition coefficient (Wildman–Crippen LogP) is 9.66. The van der Waals surface area contributed by atoms with Gasteiger partial charge in [0.1, 0.15) is 5.78 Å². The van der Waals surface area contributed by atoms with Crippen molar-refractivity contribution in [2.75, 3.05) is 13.7 Å². The summed E-state index contributed by atoms with van der Waals surface area (Å²) in [6, 6.07) is 3.30. The van der Waals surface area contributed by atoms with E-state index in [1.165, 1.54) is 6.42 Å². The minimum absolute atomic E-state index is 0.0101. The molecule has 3 aliphatic rings. The van der Waals surface area contributed by atoms with Gasteiger partial charge in [-0.05, 0) is 111 Å². The number of ether oxygens (including phenoxy) is 1. The molecule has 0 aromatic rings. The highest BCUT2D eigenvalue weighted by molar-refractivity contribution is 6.73. The van der Waals surface area contributed by atoms with Crippen molar-refractivity contribution in [3.8, 4) is 0 Å². The molecule has 0 unspecified atom stereocenters. The van der Waals surface area contributed by atoms with Crippen LogP contribution in [0.5, 0.6) is 0 Å². The minimum Gasteiger partial charge on any atom is -0.413 e. The largest absolute Gasteiger partial charge is 0.413 e. The van der Waals surface area contributed by atoms with Gasteiger partial charge in [0, 0.05) is 24.5 Å². The molecule has 3 rings (SSSR count). The zero-order valence-electron chi connectivity index (χ0n) is 27.0. The first-order chi connectivity index (χ1) is 19.0. The summed E-state index contributed by atoms with van der Waals surface area (Å²) in [4.78, 5) is 17.7. The van der Waals surface area contributed by atoms with Crippen LogP contribution in [0.25, 0.3) is 10.4 Å². The Labute approximate surface area is 246 Å². The Kier molecular flexibility index (Phi) is 11.6. The van der Waals surface area contributed by atoms with Crippen molar-refractivity contribution in [3.63, 3.8) is 0 Å². The molecule has 8 atom stereocenters. The van der Waals surface area contributed by atoms with Crippen LogP contribution in [-0.2, 0) is 14.0 Å². The van der Waals surface area contributed by atoms with Gasteiger partial charge in [0.15, 0.2) is 8.32 Å². The van der Waals surface area contributed by atoms with E-state index < -0.39 is 13.7 Å². The first-order valence-electron chi connectivity index (χ1n) is 16.4. The number of unbranched alkanes of at least 4 members (excludes halogenated alkanes) is 3. The number of carbonyl (C=O) groups excluding carboxylic acids is 1. The van der Waals surface area contributed by atoms with Crippen molar-refractivity contribution >= 4 is 14.1 Å². The quantitative estimate of drug-likeness (QED) is 0.0518. The van der Waals surface area contributed by atoms with Gasteiger partial charge in [-0.2, -0.15) is 0 Å². The average Bonchev–Trinajstić information content (AvgIpc) is 3.36. The number of ketones is 1. The summed E-state index contributed by atoms with van der Waals surface area (Å²) in [5.41, 5.74) is 8.06. The number of rotatable bonds is 14. The lowest BCUT2D eigenvalue weighted by atomic mass is 9.44. The Morgan fingerprint density at radius 3 is 2.35 bits per heavy atom. The Balaban J connectivity index is 1.99. The third-order valence-electron chi connectivity index (χ3n) is 12.4. The van der Waals surface area contributed by atoms with Gasteiger partial charge in [-0.15, -0.1) is 0 Å². The van der Waals surface area contributed by atoms with Crippen LogP contribution in [0.3, 0.4) is 0 Å². The summed E-state index contributed by atoms with van der Waals surface area (Å²) in [6.07, 6.45) is 15.0. The number of hydrogen-bond acceptors (Lipinski definition) is 4. The van der Waals surface area contributed by atoms with Gasteiger partial charge >= 0.3 is 0 Å². The number of hydrogen-bond donors (Lipinski definition) is 0. The van der Waals surface area contributed by atoms with Crippen LogP contribution in [0.4, 0.5) is 0 Å². The van der Waals surface area contributed by atoms with Gasteiger partial charge in [0.25, 0.3) is 0 Å². The second-order valence-electron chi connectivity index (χ2n) is 14.0. The molecule has 6 nitrogen and oxygen atoms in total. The molecule has 0 amide bonds. The van der Waals surface area contributed by atoms with Crippen molar-refractivity contribution in [1.82, 2.24) is 0 Å². The van der Waals surface area contributed by atoms with E-state index in [2.05, 4.69) is 70.6 Å². The van der Waals surface area contributed by atoms with Crippen LogP contribution in [0.1, 0.15) is 113 Å². The fraction of sp³-hybridized carbons (Fsp3) is 0.909. The third kappa shape index (κ3) is 6.14. The summed E-state index contributed by atoms with van der Waals surface area (Å²) in [5, 5.41) is 3.64. The van der Waals surface area contributed by atoms with Crippen molar-refractivity contribution in [3.05, 3.63) is 22.6 Å². The van der Waals surface area contributed by atoms with Crippen LogP contribution in [0, 0.1) is 34.0 Å². The summed E-state index contributed by atoms with van der Waals surface area (Å²) in [7, 11) is -0.0687. The monoisotopic (exact) mass is 573 g/mol. The Morgan fingerprint density at radius 1 is 1.05 bits per heavy atom. The maximum absolute atomic E-state index is 14.9. The van der Waals surface area contributed by atoms with Gasteiger partial charge in [-0.25, -0.2) is 0 Å². The van der Waals surface area contributed by atoms with Crippen LogP contribution >= 0.6 is 0 Å². The Bertz CT molecular complexity index is 924. The van der Waals surface area contributed by atoms with E-state index in [1.54, 1.807) is 0 Å². The number of carbonyl (C=O) groups is 1. The van der Waals surface area contributed by atoms with E-state index in [4.69, 9.17) is 14.7 Å². The highest BCUT2D eigenvalue weighted by Crippen LogP contribution is 2.68. The second kappa shape index (κ2) is 13.9. The zero-order chi connectivity index (χ0) is 29.6. The first-order valence-corrected chi connectivity index (χ1v) is 19.0. The van der Waals surface area contributed by atoms with E-state index >= 15 is 0 Å². The summed E-state index contributed by atoms with van der Waals surface area (Å²) >= 11 is 0. The highest BCUT2D eigenvalue weighted by Gasteiger charge is 2.67. The maximum atomic E-state index is 14.9. The molecule has 0 N–H and O–H groups in total. The molecule has 7 heteroatoms. The van der Waals surface area contributed by atoms with Crippen LogP contribution in [0.15, 0.2) is 17.3 Å². The third-order valence-corrected chi connectivity index (χ3v) is 17.1. The molecule has 0 heterocycles. The molecule has 228 valence electrons. The lowest BCUT2D eigenvalue weighted by molar-refractivity contribution is -0.176. The van der Waals surface area contributed by atoms with Gasteiger partial charge < -0.3 is 9.16 Å². The van der Waals surface area contributed by atoms with E-state index in [-0.39, 0.29) is 29.0 Å². The Morgan fingerprint density at radius 2 is 1.73 bits per heavy atom. The SMILES string of the molecule is CC[Si](CC)(CC)O[C@H]1C[C@]2(C)[C@H](C)CC[C@]3(CC[C@@H](OC)[C@@H]23)[C@@H](C)C(=O)[C@@]1(C)C/C=C/CCCCCN=[N+]=[N-]. The van der Waals surface area contributed by atoms with E-state index in [0.717, 1.165) is 75.9 Å². The summed E-state index contributed by atoms with van der Waals surface area (Å²) in [5.74, 6) is 1.43. The van der Waals surface area contributed by atoms with Gasteiger partial charge in [-0.1, -0.05) is 65.2 Å². The number of azide groups is 1. The van der Waals surface area contributed by atoms with E-state index in [0.29, 0.717) is 24.2 Å². The molecular formula is C33H59N3O3Si. The van der Waals surface area contributed by atoms with Crippen molar-refractivity contribution in [2.45, 2.75) is 143 Å². The molecule has 3 aliphatic carbocycles. The molecule has 0 aromatic heterocycles. The number of nitrogens with zero attached hydrogens (tertiary/aromatic N) is 3. The smallest absolute Gasteiger partial charge is 0.192 e. The molecular weight excluding hydrogens is 514 g/mol. The van der Waals surface area contributed by atoms with Gasteiger partial charge in [0.2, 0.25) is 0 Å². The highest BCUT2D eigenvalue weighted by atomic mass is 28.4. The van der Waals surface area contributed by atoms with Crippen LogP contribution in [-0.4, -0.2) is 40.0 Å². The summed E-state index contributed by atoms with van der Waals surface area (Å²) < 4.78 is 13.7. The second-order valence-corrected chi connectivity index (χ2v) is 18.7. The van der Waals surface area contributed by atoms with Crippen molar-refractivity contribution in [1.29, 1.82) is 0 Å². The van der Waals surface area contributed by atoms with Crippen LogP contribution in [0.2, 0.25) is 18.1 Å². The Hall–Kier alpha value is -1.14. The van der Waals surface area contributed by atoms with Gasteiger partial charge in [0.05, 0.1) is 17.6 Å². The molecule has 0 saturated heterocycles. The molecule has 40 heavy (non-hydrogen) atoms. The van der Waals surface area contributed by atoms with Gasteiger partial charge in [-0.3, -0.25) is 4.79 Å². The molecule has 0 spiro atoms. The number of Topliss-reactive ketones (excluding diaryl/α,β-unsaturated/α-hetero) is 1. The molecule has 0 aromatic carbocycles. The molecule has 2 bridgehead atoms. The fourth-order valence-corrected chi connectivity index (χ4v) is 12.2. The normalized spacial score (nSPS) is 38.1. The first kappa shape index (κ1) is 33.4. The average molecular weight is 574 g/mol. The van der Waals surface area contributed by atoms with Crippen molar-refractivity contribution < 1.29 is 14.0 Å². The molecule has 0 aliphatic heterocycles. The van der Waals surface area contributed by atoms with Crippen molar-refractivity contribution in [2.24, 2.45) is 39.1 Å². The predicted molar refractivity (Wildman–Crippen MR) is 168 cm³/mol.